The molecule has 3 amide bonds. The van der Waals surface area contributed by atoms with Crippen LogP contribution in [0, 0.1) is 5.92 Å². The van der Waals surface area contributed by atoms with E-state index in [4.69, 9.17) is 4.42 Å². The number of urea groups is 1. The highest BCUT2D eigenvalue weighted by atomic mass is 19.4. The van der Waals surface area contributed by atoms with Gasteiger partial charge in [-0.3, -0.25) is 4.79 Å². The highest BCUT2D eigenvalue weighted by molar-refractivity contribution is 5.91. The molecule has 0 atom stereocenters. The summed E-state index contributed by atoms with van der Waals surface area (Å²) in [6, 6.07) is 7.63. The number of alkyl halides is 3. The second-order valence-electron chi connectivity index (χ2n) is 7.00. The lowest BCUT2D eigenvalue weighted by Crippen LogP contribution is -2.41. The lowest BCUT2D eigenvalue weighted by Gasteiger charge is -2.31. The van der Waals surface area contributed by atoms with Crippen molar-refractivity contribution in [3.05, 3.63) is 60.1 Å². The summed E-state index contributed by atoms with van der Waals surface area (Å²) in [6.07, 6.45) is 1.44. The number of anilines is 1. The number of hydrogen-bond acceptors (Lipinski definition) is 3. The molecule has 1 aromatic heterocycles. The number of para-hydroxylation sites is 1. The number of benzene rings is 1. The largest absolute Gasteiger partial charge is 0.465 e. The maximum atomic E-state index is 13.0. The predicted molar refractivity (Wildman–Crippen MR) is 106 cm³/mol. The standard InChI is InChI=1S/C21H22F3N3O3/c22-21(23,24)17-5-1-2-6-18(17)26-20(29)25-14-15-9-11-27(12-10-15)19(28)8-7-16-4-3-13-30-16/h1-8,13,15H,9-12,14H2,(H2,25,26,29)/b8-7+. The Hall–Kier alpha value is -3.23. The minimum absolute atomic E-state index is 0.112. The molecule has 0 spiro atoms. The number of halogens is 3. The van der Waals surface area contributed by atoms with Gasteiger partial charge in [-0.2, -0.15) is 13.2 Å². The molecular formula is C21H22F3N3O3. The van der Waals surface area contributed by atoms with Gasteiger partial charge in [-0.15, -0.1) is 0 Å². The van der Waals surface area contributed by atoms with Crippen LogP contribution in [0.1, 0.15) is 24.2 Å². The van der Waals surface area contributed by atoms with Crippen LogP contribution >= 0.6 is 0 Å². The molecular weight excluding hydrogens is 399 g/mol. The van der Waals surface area contributed by atoms with Crippen molar-refractivity contribution in [2.75, 3.05) is 25.0 Å². The molecule has 30 heavy (non-hydrogen) atoms. The Morgan fingerprint density at radius 3 is 2.53 bits per heavy atom. The van der Waals surface area contributed by atoms with Crippen LogP contribution in [0.2, 0.25) is 0 Å². The first-order valence-corrected chi connectivity index (χ1v) is 9.54. The van der Waals surface area contributed by atoms with Gasteiger partial charge in [0.05, 0.1) is 17.5 Å². The molecule has 0 bridgehead atoms. The van der Waals surface area contributed by atoms with Crippen molar-refractivity contribution in [2.24, 2.45) is 5.92 Å². The van der Waals surface area contributed by atoms with Gasteiger partial charge in [-0.25, -0.2) is 4.79 Å². The van der Waals surface area contributed by atoms with E-state index in [1.807, 2.05) is 0 Å². The smallest absolute Gasteiger partial charge is 0.418 e. The minimum Gasteiger partial charge on any atom is -0.465 e. The topological polar surface area (TPSA) is 74.6 Å². The number of nitrogens with one attached hydrogen (secondary N) is 2. The first-order chi connectivity index (χ1) is 14.3. The average molecular weight is 421 g/mol. The average Bonchev–Trinajstić information content (AvgIpc) is 3.24. The van der Waals surface area contributed by atoms with Gasteiger partial charge in [0.2, 0.25) is 5.91 Å². The Kier molecular flexibility index (Phi) is 6.81. The molecule has 0 unspecified atom stereocenters. The molecule has 1 fully saturated rings. The number of amides is 3. The molecule has 0 saturated carbocycles. The molecule has 3 rings (SSSR count). The number of likely N-dealkylation sites (tertiary alicyclic amines) is 1. The van der Waals surface area contributed by atoms with Gasteiger partial charge < -0.3 is 20.0 Å². The highest BCUT2D eigenvalue weighted by Crippen LogP contribution is 2.34. The Labute approximate surface area is 171 Å². The van der Waals surface area contributed by atoms with E-state index in [9.17, 15) is 22.8 Å². The third-order valence-corrected chi connectivity index (χ3v) is 4.89. The van der Waals surface area contributed by atoms with Crippen LogP contribution in [0.25, 0.3) is 6.08 Å². The molecule has 6 nitrogen and oxygen atoms in total. The number of furan rings is 1. The number of carbonyl (C=O) groups excluding carboxylic acids is 2. The van der Waals surface area contributed by atoms with Crippen molar-refractivity contribution in [3.63, 3.8) is 0 Å². The van der Waals surface area contributed by atoms with Gasteiger partial charge in [0.25, 0.3) is 0 Å². The summed E-state index contributed by atoms with van der Waals surface area (Å²) in [4.78, 5) is 26.0. The van der Waals surface area contributed by atoms with Crippen molar-refractivity contribution < 1.29 is 27.2 Å². The normalized spacial score (nSPS) is 15.4. The Morgan fingerprint density at radius 1 is 1.13 bits per heavy atom. The molecule has 1 aliphatic rings. The van der Waals surface area contributed by atoms with Crippen molar-refractivity contribution >= 4 is 23.7 Å². The molecule has 0 aliphatic carbocycles. The van der Waals surface area contributed by atoms with Crippen LogP contribution in [0.4, 0.5) is 23.7 Å². The Balaban J connectivity index is 1.43. The third kappa shape index (κ3) is 5.88. The van der Waals surface area contributed by atoms with E-state index < -0.39 is 17.8 Å². The zero-order valence-corrected chi connectivity index (χ0v) is 16.1. The molecule has 2 aromatic rings. The van der Waals surface area contributed by atoms with Gasteiger partial charge in [-0.1, -0.05) is 12.1 Å². The van der Waals surface area contributed by atoms with E-state index >= 15 is 0 Å². The van der Waals surface area contributed by atoms with Crippen LogP contribution < -0.4 is 10.6 Å². The quantitative estimate of drug-likeness (QED) is 0.704. The Morgan fingerprint density at radius 2 is 1.87 bits per heavy atom. The lowest BCUT2D eigenvalue weighted by molar-refractivity contribution is -0.137. The highest BCUT2D eigenvalue weighted by Gasteiger charge is 2.33. The zero-order valence-electron chi connectivity index (χ0n) is 16.1. The first kappa shape index (κ1) is 21.5. The van der Waals surface area contributed by atoms with E-state index in [1.165, 1.54) is 30.5 Å². The second kappa shape index (κ2) is 9.51. The van der Waals surface area contributed by atoms with Crippen molar-refractivity contribution in [1.29, 1.82) is 0 Å². The first-order valence-electron chi connectivity index (χ1n) is 9.54. The summed E-state index contributed by atoms with van der Waals surface area (Å²) in [7, 11) is 0. The zero-order chi connectivity index (χ0) is 21.6. The fourth-order valence-corrected chi connectivity index (χ4v) is 3.25. The van der Waals surface area contributed by atoms with Crippen LogP contribution in [0.15, 0.2) is 53.2 Å². The lowest BCUT2D eigenvalue weighted by atomic mass is 9.97. The molecule has 160 valence electrons. The van der Waals surface area contributed by atoms with Gasteiger partial charge in [0.1, 0.15) is 5.76 Å². The summed E-state index contributed by atoms with van der Waals surface area (Å²) in [5.41, 5.74) is -1.18. The number of carbonyl (C=O) groups is 2. The number of nitrogens with zero attached hydrogens (tertiary/aromatic N) is 1. The fraction of sp³-hybridized carbons (Fsp3) is 0.333. The van der Waals surface area contributed by atoms with E-state index in [0.717, 1.165) is 6.07 Å². The summed E-state index contributed by atoms with van der Waals surface area (Å²) >= 11 is 0. The van der Waals surface area contributed by atoms with Crippen LogP contribution in [-0.4, -0.2) is 36.5 Å². The minimum atomic E-state index is -4.55. The molecule has 1 aliphatic heterocycles. The summed E-state index contributed by atoms with van der Waals surface area (Å²) in [5.74, 6) is 0.631. The van der Waals surface area contributed by atoms with E-state index in [-0.39, 0.29) is 17.5 Å². The van der Waals surface area contributed by atoms with Crippen LogP contribution in [-0.2, 0) is 11.0 Å². The Bertz CT molecular complexity index is 886. The maximum absolute atomic E-state index is 13.0. The predicted octanol–water partition coefficient (Wildman–Crippen LogP) is 4.37. The molecule has 9 heteroatoms. The molecule has 0 radical (unpaired) electrons. The van der Waals surface area contributed by atoms with Crippen LogP contribution in [0.3, 0.4) is 0 Å². The summed E-state index contributed by atoms with van der Waals surface area (Å²) in [5, 5.41) is 4.88. The fourth-order valence-electron chi connectivity index (χ4n) is 3.25. The van der Waals surface area contributed by atoms with Crippen molar-refractivity contribution in [2.45, 2.75) is 19.0 Å². The van der Waals surface area contributed by atoms with E-state index in [0.29, 0.717) is 38.2 Å². The van der Waals surface area contributed by atoms with Crippen LogP contribution in [0.5, 0.6) is 0 Å². The van der Waals surface area contributed by atoms with Gasteiger partial charge in [-0.05, 0) is 49.1 Å². The van der Waals surface area contributed by atoms with E-state index in [1.54, 1.807) is 23.1 Å². The van der Waals surface area contributed by atoms with Gasteiger partial charge >= 0.3 is 12.2 Å². The summed E-state index contributed by atoms with van der Waals surface area (Å²) < 4.78 is 44.1. The van der Waals surface area contributed by atoms with Crippen molar-refractivity contribution in [3.8, 4) is 0 Å². The molecule has 1 aromatic carbocycles. The van der Waals surface area contributed by atoms with Crippen molar-refractivity contribution in [1.82, 2.24) is 10.2 Å². The monoisotopic (exact) mass is 421 g/mol. The maximum Gasteiger partial charge on any atom is 0.418 e. The second-order valence-corrected chi connectivity index (χ2v) is 7.00. The molecule has 2 N–H and O–H groups in total. The van der Waals surface area contributed by atoms with Gasteiger partial charge in [0.15, 0.2) is 0 Å². The summed E-state index contributed by atoms with van der Waals surface area (Å²) in [6.45, 7) is 1.42. The van der Waals surface area contributed by atoms with E-state index in [2.05, 4.69) is 10.6 Å². The number of hydrogen-bond donors (Lipinski definition) is 2. The third-order valence-electron chi connectivity index (χ3n) is 4.89. The number of piperidine rings is 1. The van der Waals surface area contributed by atoms with Gasteiger partial charge in [0, 0.05) is 25.7 Å². The molecule has 2 heterocycles. The number of rotatable bonds is 5. The SMILES string of the molecule is O=C(NCC1CCN(C(=O)/C=C/c2ccco2)CC1)Nc1ccccc1C(F)(F)F. The molecule has 1 saturated heterocycles.